The Hall–Kier alpha value is -8.57. The molecule has 0 radical (unpaired) electrons. The van der Waals surface area contributed by atoms with Gasteiger partial charge in [-0.15, -0.1) is 0 Å². The number of aliphatic hydroxyl groups is 1. The predicted octanol–water partition coefficient (Wildman–Crippen LogP) is -2.89. The minimum absolute atomic E-state index is 0.0530. The second kappa shape index (κ2) is 40.2. The number of carboxylic acids is 4. The minimum Gasteiger partial charge on any atom is -0.494 e. The molecular formula is C59H87N12O24S2+. The monoisotopic (exact) mass is 1410 g/mol. The molecule has 13 N–H and O–H groups in total. The molecule has 4 amide bonds. The normalized spacial score (nSPS) is 12.9. The van der Waals surface area contributed by atoms with Gasteiger partial charge in [0.1, 0.15) is 42.3 Å². The SMILES string of the molecule is Cc1cc(OCCCC(=O)NCCCOCCOCCOCCCNC(=O)[C@H](CS(=O)(=O)O)NC(=O)CN(CCN(CC[N+](C)(CC(=O)O)CC(=O)CO)CC(=O)O)CC(=O)O)cc(C)c1S(=O)(=O)NC(CNC(=O)c1cn(C)c2cc(CNc3ncc[nH]3)ccc2c1=O)C(=O)O. The Bertz CT molecular complexity index is 3610. The van der Waals surface area contributed by atoms with Crippen molar-refractivity contribution in [2.24, 2.45) is 7.05 Å². The lowest BCUT2D eigenvalue weighted by molar-refractivity contribution is -0.894. The lowest BCUT2D eigenvalue weighted by Gasteiger charge is -2.34. The van der Waals surface area contributed by atoms with E-state index >= 15 is 0 Å². The molecule has 0 aliphatic rings. The zero-order valence-corrected chi connectivity index (χ0v) is 55.9. The Balaban J connectivity index is 1.07. The molecule has 0 aliphatic carbocycles. The number of hydrogen-bond acceptors (Lipinski definition) is 23. The second-order valence-electron chi connectivity index (χ2n) is 22.8. The molecule has 4 rings (SSSR count). The number of aliphatic carboxylic acids is 4. The van der Waals surface area contributed by atoms with Crippen molar-refractivity contribution in [1.29, 1.82) is 0 Å². The molecular weight excluding hydrogens is 1320 g/mol. The van der Waals surface area contributed by atoms with Crippen LogP contribution in [0.25, 0.3) is 10.9 Å². The van der Waals surface area contributed by atoms with Crippen LogP contribution >= 0.6 is 0 Å². The molecule has 97 heavy (non-hydrogen) atoms. The number of benzene rings is 2. The molecule has 2 unspecified atom stereocenters. The lowest BCUT2D eigenvalue weighted by Crippen LogP contribution is -2.55. The van der Waals surface area contributed by atoms with E-state index in [9.17, 15) is 94.9 Å². The van der Waals surface area contributed by atoms with Gasteiger partial charge in [0.05, 0.1) is 76.7 Å². The number of hydrogen-bond donors (Lipinski definition) is 13. The largest absolute Gasteiger partial charge is 0.494 e. The number of rotatable bonds is 50. The number of H-pyrrole nitrogens is 1. The van der Waals surface area contributed by atoms with Crippen LogP contribution in [0.4, 0.5) is 5.95 Å². The number of nitrogens with zero attached hydrogens (tertiary/aromatic N) is 5. The van der Waals surface area contributed by atoms with Crippen LogP contribution in [0.1, 0.15) is 52.7 Å². The first-order valence-electron chi connectivity index (χ1n) is 30.5. The van der Waals surface area contributed by atoms with Crippen molar-refractivity contribution in [1.82, 2.24) is 50.3 Å². The molecule has 538 valence electrons. The summed E-state index contributed by atoms with van der Waals surface area (Å²) in [5, 5.41) is 60.7. The summed E-state index contributed by atoms with van der Waals surface area (Å²) in [7, 11) is -6.27. The molecule has 2 aromatic heterocycles. The van der Waals surface area contributed by atoms with Crippen molar-refractivity contribution in [3.05, 3.63) is 81.4 Å². The zero-order chi connectivity index (χ0) is 71.9. The molecule has 0 spiro atoms. The van der Waals surface area contributed by atoms with Gasteiger partial charge in [-0.1, -0.05) is 6.07 Å². The minimum atomic E-state index is -4.84. The Labute approximate surface area is 558 Å². The highest BCUT2D eigenvalue weighted by Crippen LogP contribution is 2.26. The predicted molar refractivity (Wildman–Crippen MR) is 345 cm³/mol. The highest BCUT2D eigenvalue weighted by Gasteiger charge is 2.32. The molecule has 0 saturated carbocycles. The maximum absolute atomic E-state index is 13.6. The number of amides is 4. The van der Waals surface area contributed by atoms with Gasteiger partial charge in [0.15, 0.2) is 12.5 Å². The zero-order valence-electron chi connectivity index (χ0n) is 54.2. The third-order valence-corrected chi connectivity index (χ3v) is 16.9. The fraction of sp³-hybridized carbons (Fsp3) is 0.542. The summed E-state index contributed by atoms with van der Waals surface area (Å²) in [6, 6.07) is 4.36. The Morgan fingerprint density at radius 2 is 1.35 bits per heavy atom. The maximum Gasteiger partial charge on any atom is 0.359 e. The van der Waals surface area contributed by atoms with E-state index in [0.29, 0.717) is 49.8 Å². The van der Waals surface area contributed by atoms with E-state index in [1.165, 1.54) is 44.1 Å². The van der Waals surface area contributed by atoms with Gasteiger partial charge in [0, 0.05) is 96.5 Å². The van der Waals surface area contributed by atoms with Crippen LogP contribution in [0.15, 0.2) is 58.6 Å². The number of Topliss-reactive ketones (excluding diaryl/α,β-unsaturated/α-hetero) is 1. The van der Waals surface area contributed by atoms with Gasteiger partial charge in [0.2, 0.25) is 39.0 Å². The number of sulfonamides is 1. The van der Waals surface area contributed by atoms with Gasteiger partial charge in [-0.05, 0) is 74.1 Å². The number of carbonyl (C=O) groups is 9. The summed E-state index contributed by atoms with van der Waals surface area (Å²) in [5.74, 6) is -9.71. The number of imidazole rings is 1. The standard InChI is InChI=1S/C59H86N12O24S2/c1-39-26-43(27-40(2)55(39)97(90,91)67-46(58(85)86)30-64-56(83)45-31-68(3)48-28-41(9-10-44(48)54(45)82)29-65-59-62-13-14-63-59)95-21-5-8-49(74)60-11-6-19-92-22-24-94-25-23-93-20-7-12-61-57(84)47(38-96(87,88)89)66-50(75)32-70(34-52(78)79)16-15-69(33-51(76)77)17-18-71(4,36-53(80)81)35-42(73)37-72/h9-10,13-14,26-28,31,46-47,67,72H,5-8,11-12,15-25,29-30,32-38H2,1-4H3,(H10-,60,61,62,63,64,65,66,74,75,76,77,78,79,80,81,83,84,85,86,87,88,89)/p+1/t46?,47-,71?/m0/s1. The van der Waals surface area contributed by atoms with Crippen molar-refractivity contribution >= 4 is 90.3 Å². The quantitative estimate of drug-likeness (QED) is 0.0120. The number of aliphatic hydroxyl groups excluding tert-OH is 1. The van der Waals surface area contributed by atoms with Gasteiger partial charge >= 0.3 is 23.9 Å². The fourth-order valence-corrected chi connectivity index (χ4v) is 12.1. The van der Waals surface area contributed by atoms with Crippen LogP contribution < -0.4 is 41.5 Å². The second-order valence-corrected chi connectivity index (χ2v) is 25.9. The van der Waals surface area contributed by atoms with E-state index in [2.05, 4.69) is 41.3 Å². The number of fused-ring (bicyclic) bond motifs is 1. The number of nitrogens with one attached hydrogen (secondary N) is 7. The number of pyridine rings is 1. The number of aromatic nitrogens is 3. The van der Waals surface area contributed by atoms with Gasteiger partial charge in [-0.3, -0.25) is 57.5 Å². The summed E-state index contributed by atoms with van der Waals surface area (Å²) in [6.07, 6.45) is 5.75. The number of ketones is 1. The number of anilines is 1. The number of aryl methyl sites for hydroxylation is 3. The Kier molecular flexibility index (Phi) is 33.5. The topological polar surface area (TPSA) is 510 Å². The lowest BCUT2D eigenvalue weighted by atomic mass is 10.1. The smallest absolute Gasteiger partial charge is 0.359 e. The number of ether oxygens (including phenoxy) is 4. The average Bonchev–Trinajstić information content (AvgIpc) is 1.09. The van der Waals surface area contributed by atoms with Crippen LogP contribution in [0.3, 0.4) is 0 Å². The van der Waals surface area contributed by atoms with E-state index in [1.807, 2.05) is 0 Å². The van der Waals surface area contributed by atoms with E-state index in [4.69, 9.17) is 18.9 Å². The molecule has 0 aliphatic heterocycles. The summed E-state index contributed by atoms with van der Waals surface area (Å²) in [6.45, 7) is -0.0890. The highest BCUT2D eigenvalue weighted by atomic mass is 32.2. The van der Waals surface area contributed by atoms with Gasteiger partial charge < -0.3 is 85.1 Å². The molecule has 0 fully saturated rings. The number of likely N-dealkylation sites (N-methyl/N-ethyl adjacent to an activating group) is 1. The molecule has 2 aromatic carbocycles. The number of aromatic amines is 1. The molecule has 38 heteroatoms. The summed E-state index contributed by atoms with van der Waals surface area (Å²) >= 11 is 0. The molecule has 0 saturated heterocycles. The van der Waals surface area contributed by atoms with E-state index in [-0.39, 0.29) is 125 Å². The van der Waals surface area contributed by atoms with Crippen LogP contribution in [0, 0.1) is 13.8 Å². The Morgan fingerprint density at radius 1 is 0.732 bits per heavy atom. The van der Waals surface area contributed by atoms with Gasteiger partial charge in [0.25, 0.3) is 16.0 Å². The highest BCUT2D eigenvalue weighted by molar-refractivity contribution is 7.89. The van der Waals surface area contributed by atoms with Crippen molar-refractivity contribution in [3.63, 3.8) is 0 Å². The van der Waals surface area contributed by atoms with Crippen molar-refractivity contribution in [3.8, 4) is 5.75 Å². The summed E-state index contributed by atoms with van der Waals surface area (Å²) < 4.78 is 86.0. The first kappa shape index (κ1) is 80.9. The number of carbonyl (C=O) groups excluding carboxylic acids is 5. The Morgan fingerprint density at radius 3 is 1.94 bits per heavy atom. The summed E-state index contributed by atoms with van der Waals surface area (Å²) in [4.78, 5) is 134. The molecule has 2 heterocycles. The molecule has 3 atom stereocenters. The molecule has 4 aromatic rings. The van der Waals surface area contributed by atoms with Crippen molar-refractivity contribution in [2.45, 2.75) is 63.1 Å². The first-order chi connectivity index (χ1) is 45.8. The third-order valence-electron chi connectivity index (χ3n) is 14.4. The van der Waals surface area contributed by atoms with Crippen LogP contribution in [-0.4, -0.2) is 285 Å². The van der Waals surface area contributed by atoms with Crippen LogP contribution in [-0.2, 0) is 86.3 Å². The van der Waals surface area contributed by atoms with Crippen molar-refractivity contribution in [2.75, 3.05) is 150 Å². The summed E-state index contributed by atoms with van der Waals surface area (Å²) in [5.41, 5.74) is 0.953. The number of carboxylic acid groups (broad SMARTS) is 4. The van der Waals surface area contributed by atoms with Gasteiger partial charge in [-0.25, -0.2) is 18.2 Å². The van der Waals surface area contributed by atoms with Crippen LogP contribution in [0.2, 0.25) is 0 Å². The first-order valence-corrected chi connectivity index (χ1v) is 33.6. The number of quaternary nitrogens is 1. The van der Waals surface area contributed by atoms with E-state index in [0.717, 1.165) is 10.5 Å². The van der Waals surface area contributed by atoms with Crippen LogP contribution in [0.5, 0.6) is 5.75 Å². The van der Waals surface area contributed by atoms with E-state index in [1.54, 1.807) is 42.2 Å². The van der Waals surface area contributed by atoms with Gasteiger partial charge in [-0.2, -0.15) is 13.1 Å². The molecule has 0 bridgehead atoms. The average molecular weight is 1410 g/mol. The fourth-order valence-electron chi connectivity index (χ4n) is 9.83. The van der Waals surface area contributed by atoms with E-state index < -0.39 is 135 Å². The van der Waals surface area contributed by atoms with Crippen molar-refractivity contribution < 1.29 is 114 Å². The molecule has 36 nitrogen and oxygen atoms in total. The maximum atomic E-state index is 13.6. The third kappa shape index (κ3) is 30.2.